The zero-order valence-corrected chi connectivity index (χ0v) is 9.14. The van der Waals surface area contributed by atoms with E-state index in [4.69, 9.17) is 0 Å². The van der Waals surface area contributed by atoms with Crippen LogP contribution in [0.3, 0.4) is 0 Å². The third kappa shape index (κ3) is 3.81. The van der Waals surface area contributed by atoms with Gasteiger partial charge in [-0.05, 0) is 17.7 Å². The van der Waals surface area contributed by atoms with E-state index in [1.807, 2.05) is 50.3 Å². The van der Waals surface area contributed by atoms with Crippen molar-refractivity contribution in [2.45, 2.75) is 13.8 Å². The highest BCUT2D eigenvalue weighted by Gasteiger charge is 1.85. The first-order valence-corrected chi connectivity index (χ1v) is 5.18. The zero-order valence-electron chi connectivity index (χ0n) is 9.14. The number of rotatable bonds is 2. The molecular weight excluding hydrogens is 184 g/mol. The minimum absolute atomic E-state index is 1.02. The molecule has 0 fully saturated rings. The molecule has 15 heavy (non-hydrogen) atoms. The number of aromatic nitrogens is 2. The maximum Gasteiger partial charge on any atom is 0.0577 e. The minimum atomic E-state index is 1.02. The fourth-order valence-corrected chi connectivity index (χ4v) is 1.11. The van der Waals surface area contributed by atoms with Gasteiger partial charge in [-0.15, -0.1) is 0 Å². The van der Waals surface area contributed by atoms with Gasteiger partial charge < -0.3 is 0 Å². The van der Waals surface area contributed by atoms with Gasteiger partial charge in [0.05, 0.1) is 5.69 Å². The number of H-pyrrole nitrogens is 1. The summed E-state index contributed by atoms with van der Waals surface area (Å²) in [6.45, 7) is 4.00. The number of nitrogens with zero attached hydrogens (tertiary/aromatic N) is 1. The second kappa shape index (κ2) is 6.60. The number of hydrogen-bond donors (Lipinski definition) is 1. The molecule has 2 nitrogen and oxygen atoms in total. The number of nitrogens with one attached hydrogen (secondary N) is 1. The summed E-state index contributed by atoms with van der Waals surface area (Å²) in [5, 5.41) is 6.73. The van der Waals surface area contributed by atoms with Crippen molar-refractivity contribution in [3.63, 3.8) is 0 Å². The Labute approximate surface area is 90.7 Å². The van der Waals surface area contributed by atoms with E-state index in [2.05, 4.69) is 22.3 Å². The lowest BCUT2D eigenvalue weighted by Gasteiger charge is -1.89. The molecule has 0 bridgehead atoms. The predicted molar refractivity (Wildman–Crippen MR) is 65.3 cm³/mol. The molecule has 0 aliphatic rings. The van der Waals surface area contributed by atoms with Crippen molar-refractivity contribution in [1.82, 2.24) is 10.2 Å². The molecule has 1 N–H and O–H groups in total. The molecule has 0 saturated heterocycles. The predicted octanol–water partition coefficient (Wildman–Crippen LogP) is 3.61. The van der Waals surface area contributed by atoms with E-state index < -0.39 is 0 Å². The monoisotopic (exact) mass is 200 g/mol. The van der Waals surface area contributed by atoms with Crippen LogP contribution in [-0.4, -0.2) is 10.2 Å². The molecule has 1 aromatic carbocycles. The molecule has 1 aromatic heterocycles. The van der Waals surface area contributed by atoms with E-state index in [0.29, 0.717) is 0 Å². The molecule has 0 spiro atoms. The summed E-state index contributed by atoms with van der Waals surface area (Å²) < 4.78 is 0. The molecule has 2 heteroatoms. The molecule has 0 saturated carbocycles. The normalized spacial score (nSPS) is 9.73. The summed E-state index contributed by atoms with van der Waals surface area (Å²) in [5.74, 6) is 0. The van der Waals surface area contributed by atoms with E-state index in [-0.39, 0.29) is 0 Å². The fraction of sp³-hybridized carbons (Fsp3) is 0.154. The fourth-order valence-electron chi connectivity index (χ4n) is 1.11. The van der Waals surface area contributed by atoms with E-state index in [1.165, 1.54) is 5.56 Å². The first kappa shape index (κ1) is 11.2. The van der Waals surface area contributed by atoms with Crippen LogP contribution < -0.4 is 0 Å². The van der Waals surface area contributed by atoms with Gasteiger partial charge in [0, 0.05) is 6.20 Å². The van der Waals surface area contributed by atoms with Crippen LogP contribution in [0.2, 0.25) is 0 Å². The summed E-state index contributed by atoms with van der Waals surface area (Å²) in [5.41, 5.74) is 2.21. The van der Waals surface area contributed by atoms with Crippen molar-refractivity contribution in [2.75, 3.05) is 0 Å². The number of benzene rings is 1. The van der Waals surface area contributed by atoms with Crippen LogP contribution in [-0.2, 0) is 0 Å². The SMILES string of the molecule is C(=C\c1ccn[nH]1)/c1ccccc1.CC. The van der Waals surface area contributed by atoms with Crippen LogP contribution >= 0.6 is 0 Å². The smallest absolute Gasteiger partial charge is 0.0577 e. The van der Waals surface area contributed by atoms with Crippen molar-refractivity contribution in [1.29, 1.82) is 0 Å². The van der Waals surface area contributed by atoms with Gasteiger partial charge in [-0.3, -0.25) is 5.10 Å². The van der Waals surface area contributed by atoms with Gasteiger partial charge in [-0.1, -0.05) is 50.3 Å². The molecule has 2 aromatic rings. The van der Waals surface area contributed by atoms with Gasteiger partial charge in [-0.25, -0.2) is 0 Å². The van der Waals surface area contributed by atoms with Gasteiger partial charge in [-0.2, -0.15) is 5.10 Å². The Morgan fingerprint density at radius 1 is 1.00 bits per heavy atom. The van der Waals surface area contributed by atoms with Crippen molar-refractivity contribution in [3.8, 4) is 0 Å². The van der Waals surface area contributed by atoms with Crippen LogP contribution in [0.15, 0.2) is 42.6 Å². The van der Waals surface area contributed by atoms with Gasteiger partial charge in [0.1, 0.15) is 0 Å². The first-order chi connectivity index (χ1) is 7.45. The molecule has 78 valence electrons. The number of aromatic amines is 1. The Balaban J connectivity index is 0.000000531. The summed E-state index contributed by atoms with van der Waals surface area (Å²) in [7, 11) is 0. The first-order valence-electron chi connectivity index (χ1n) is 5.18. The van der Waals surface area contributed by atoms with Crippen molar-refractivity contribution >= 4 is 12.2 Å². The molecule has 0 atom stereocenters. The van der Waals surface area contributed by atoms with Crippen LogP contribution in [0.1, 0.15) is 25.1 Å². The average Bonchev–Trinajstić information content (AvgIpc) is 2.83. The second-order valence-corrected chi connectivity index (χ2v) is 2.76. The van der Waals surface area contributed by atoms with E-state index in [0.717, 1.165) is 5.69 Å². The Morgan fingerprint density at radius 3 is 2.33 bits per heavy atom. The Kier molecular flexibility index (Phi) is 4.95. The van der Waals surface area contributed by atoms with Crippen LogP contribution in [0.5, 0.6) is 0 Å². The summed E-state index contributed by atoms with van der Waals surface area (Å²) in [4.78, 5) is 0. The van der Waals surface area contributed by atoms with Crippen molar-refractivity contribution in [3.05, 3.63) is 53.9 Å². The Bertz CT molecular complexity index is 374. The Hall–Kier alpha value is -1.83. The van der Waals surface area contributed by atoms with E-state index in [1.54, 1.807) is 6.20 Å². The minimum Gasteiger partial charge on any atom is -0.278 e. The molecule has 0 amide bonds. The van der Waals surface area contributed by atoms with Crippen molar-refractivity contribution in [2.24, 2.45) is 0 Å². The lowest BCUT2D eigenvalue weighted by molar-refractivity contribution is 1.08. The Morgan fingerprint density at radius 2 is 1.73 bits per heavy atom. The molecule has 0 radical (unpaired) electrons. The molecular formula is C13H16N2. The van der Waals surface area contributed by atoms with Gasteiger partial charge in [0.25, 0.3) is 0 Å². The summed E-state index contributed by atoms with van der Waals surface area (Å²) >= 11 is 0. The topological polar surface area (TPSA) is 28.7 Å². The highest BCUT2D eigenvalue weighted by atomic mass is 15.1. The lowest BCUT2D eigenvalue weighted by atomic mass is 10.2. The third-order valence-electron chi connectivity index (χ3n) is 1.78. The maximum atomic E-state index is 3.86. The molecule has 2 rings (SSSR count). The average molecular weight is 200 g/mol. The summed E-state index contributed by atoms with van der Waals surface area (Å²) in [6.07, 6.45) is 5.79. The van der Waals surface area contributed by atoms with Crippen molar-refractivity contribution < 1.29 is 0 Å². The highest BCUT2D eigenvalue weighted by Crippen LogP contribution is 2.04. The largest absolute Gasteiger partial charge is 0.278 e. The summed E-state index contributed by atoms with van der Waals surface area (Å²) in [6, 6.07) is 12.1. The molecule has 0 aliphatic carbocycles. The third-order valence-corrected chi connectivity index (χ3v) is 1.78. The van der Waals surface area contributed by atoms with Gasteiger partial charge in [0.15, 0.2) is 0 Å². The zero-order chi connectivity index (χ0) is 10.9. The van der Waals surface area contributed by atoms with Crippen LogP contribution in [0.25, 0.3) is 12.2 Å². The maximum absolute atomic E-state index is 3.86. The molecule has 0 unspecified atom stereocenters. The van der Waals surface area contributed by atoms with Crippen LogP contribution in [0.4, 0.5) is 0 Å². The number of hydrogen-bond acceptors (Lipinski definition) is 1. The lowest BCUT2D eigenvalue weighted by Crippen LogP contribution is -1.71. The van der Waals surface area contributed by atoms with Crippen LogP contribution in [0, 0.1) is 0 Å². The second-order valence-electron chi connectivity index (χ2n) is 2.76. The van der Waals surface area contributed by atoms with Gasteiger partial charge in [0.2, 0.25) is 0 Å². The van der Waals surface area contributed by atoms with Gasteiger partial charge >= 0.3 is 0 Å². The van der Waals surface area contributed by atoms with E-state index >= 15 is 0 Å². The highest BCUT2D eigenvalue weighted by molar-refractivity contribution is 5.67. The quantitative estimate of drug-likeness (QED) is 0.788. The standard InChI is InChI=1S/C11H10N2.C2H6/c1-2-4-10(5-3-1)6-7-11-8-9-12-13-11;1-2/h1-9H,(H,12,13);1-2H3/b7-6+;. The molecule has 1 heterocycles. The van der Waals surface area contributed by atoms with E-state index in [9.17, 15) is 0 Å². The molecule has 0 aliphatic heterocycles.